The highest BCUT2D eigenvalue weighted by Gasteiger charge is 2.11. The van der Waals surface area contributed by atoms with E-state index in [2.05, 4.69) is 13.8 Å². The van der Waals surface area contributed by atoms with Crippen LogP contribution in [-0.2, 0) is 0 Å². The Kier molecular flexibility index (Phi) is 4.76. The van der Waals surface area contributed by atoms with Gasteiger partial charge in [-0.15, -0.1) is 0 Å². The second-order valence-corrected chi connectivity index (χ2v) is 4.20. The van der Waals surface area contributed by atoms with E-state index in [1.807, 2.05) is 0 Å². The van der Waals surface area contributed by atoms with Crippen LogP contribution >= 0.6 is 0 Å². The van der Waals surface area contributed by atoms with E-state index in [9.17, 15) is 9.50 Å². The van der Waals surface area contributed by atoms with Gasteiger partial charge in [-0.2, -0.15) is 0 Å². The molecule has 0 aromatic heterocycles. The van der Waals surface area contributed by atoms with Crippen LogP contribution in [0.15, 0.2) is 24.3 Å². The fourth-order valence-electron chi connectivity index (χ4n) is 1.81. The summed E-state index contributed by atoms with van der Waals surface area (Å²) < 4.78 is 12.7. The van der Waals surface area contributed by atoms with Crippen molar-refractivity contribution in [1.82, 2.24) is 0 Å². The number of rotatable bonds is 5. The van der Waals surface area contributed by atoms with Gasteiger partial charge < -0.3 is 5.11 Å². The van der Waals surface area contributed by atoms with Crippen LogP contribution in [0.1, 0.15) is 44.8 Å². The van der Waals surface area contributed by atoms with Crippen LogP contribution < -0.4 is 0 Å². The Morgan fingerprint density at radius 3 is 2.40 bits per heavy atom. The van der Waals surface area contributed by atoms with Crippen molar-refractivity contribution in [3.05, 3.63) is 35.6 Å². The molecule has 2 unspecified atom stereocenters. The van der Waals surface area contributed by atoms with E-state index in [-0.39, 0.29) is 5.82 Å². The summed E-state index contributed by atoms with van der Waals surface area (Å²) in [5, 5.41) is 9.89. The van der Waals surface area contributed by atoms with Crippen molar-refractivity contribution < 1.29 is 9.50 Å². The molecule has 0 bridgehead atoms. The summed E-state index contributed by atoms with van der Waals surface area (Å²) >= 11 is 0. The number of benzene rings is 1. The molecule has 0 aliphatic rings. The minimum absolute atomic E-state index is 0.257. The molecular weight excluding hydrogens is 191 g/mol. The summed E-state index contributed by atoms with van der Waals surface area (Å²) in [5.41, 5.74) is 0.805. The summed E-state index contributed by atoms with van der Waals surface area (Å²) in [7, 11) is 0. The summed E-state index contributed by atoms with van der Waals surface area (Å²) in [6, 6.07) is 6.09. The Balaban J connectivity index is 2.53. The first-order valence-corrected chi connectivity index (χ1v) is 5.57. The van der Waals surface area contributed by atoms with Crippen molar-refractivity contribution >= 4 is 0 Å². The molecular formula is C13H19FO. The first-order valence-electron chi connectivity index (χ1n) is 5.57. The molecule has 1 nitrogen and oxygen atoms in total. The van der Waals surface area contributed by atoms with E-state index in [0.29, 0.717) is 5.92 Å². The normalized spacial score (nSPS) is 14.9. The predicted octanol–water partition coefficient (Wildman–Crippen LogP) is 3.69. The molecule has 0 saturated carbocycles. The van der Waals surface area contributed by atoms with Gasteiger partial charge in [0, 0.05) is 0 Å². The van der Waals surface area contributed by atoms with Crippen LogP contribution in [0, 0.1) is 11.7 Å². The minimum atomic E-state index is -0.466. The molecule has 0 aliphatic heterocycles. The van der Waals surface area contributed by atoms with Gasteiger partial charge in [-0.1, -0.05) is 38.8 Å². The largest absolute Gasteiger partial charge is 0.388 e. The highest BCUT2D eigenvalue weighted by molar-refractivity contribution is 5.18. The lowest BCUT2D eigenvalue weighted by Crippen LogP contribution is -2.04. The first kappa shape index (κ1) is 12.2. The number of aliphatic hydroxyl groups excluding tert-OH is 1. The maximum atomic E-state index is 12.7. The van der Waals surface area contributed by atoms with Crippen LogP contribution in [0.4, 0.5) is 4.39 Å². The molecule has 15 heavy (non-hydrogen) atoms. The van der Waals surface area contributed by atoms with Gasteiger partial charge in [0.2, 0.25) is 0 Å². The molecule has 0 amide bonds. The molecule has 2 atom stereocenters. The Bertz CT molecular complexity index is 281. The third-order valence-electron chi connectivity index (χ3n) is 2.66. The summed E-state index contributed by atoms with van der Waals surface area (Å²) in [5.74, 6) is 0.252. The average molecular weight is 210 g/mol. The van der Waals surface area contributed by atoms with Gasteiger partial charge in [-0.05, 0) is 30.0 Å². The van der Waals surface area contributed by atoms with Gasteiger partial charge in [0.25, 0.3) is 0 Å². The minimum Gasteiger partial charge on any atom is -0.388 e. The van der Waals surface area contributed by atoms with Gasteiger partial charge >= 0.3 is 0 Å². The van der Waals surface area contributed by atoms with Gasteiger partial charge in [0.1, 0.15) is 5.82 Å². The zero-order valence-corrected chi connectivity index (χ0v) is 9.41. The van der Waals surface area contributed by atoms with E-state index in [1.165, 1.54) is 12.1 Å². The molecule has 0 fully saturated rings. The second kappa shape index (κ2) is 5.86. The van der Waals surface area contributed by atoms with Gasteiger partial charge in [-0.3, -0.25) is 0 Å². The van der Waals surface area contributed by atoms with Gasteiger partial charge in [0.05, 0.1) is 6.10 Å². The van der Waals surface area contributed by atoms with E-state index < -0.39 is 6.10 Å². The zero-order chi connectivity index (χ0) is 11.3. The van der Waals surface area contributed by atoms with E-state index in [1.54, 1.807) is 12.1 Å². The van der Waals surface area contributed by atoms with E-state index in [4.69, 9.17) is 0 Å². The Morgan fingerprint density at radius 1 is 1.27 bits per heavy atom. The quantitative estimate of drug-likeness (QED) is 0.786. The lowest BCUT2D eigenvalue weighted by atomic mass is 9.95. The third kappa shape index (κ3) is 4.00. The smallest absolute Gasteiger partial charge is 0.123 e. The highest BCUT2D eigenvalue weighted by Crippen LogP contribution is 2.23. The molecule has 1 aromatic carbocycles. The second-order valence-electron chi connectivity index (χ2n) is 4.20. The molecule has 1 aromatic rings. The van der Waals surface area contributed by atoms with Crippen molar-refractivity contribution in [2.75, 3.05) is 0 Å². The SMILES string of the molecule is CCCC(C)CC(O)c1ccc(F)cc1. The monoisotopic (exact) mass is 210 g/mol. The van der Waals surface area contributed by atoms with Crippen LogP contribution in [0.25, 0.3) is 0 Å². The first-order chi connectivity index (χ1) is 7.13. The van der Waals surface area contributed by atoms with Crippen LogP contribution in [0.3, 0.4) is 0 Å². The Morgan fingerprint density at radius 2 is 1.87 bits per heavy atom. The molecule has 0 aliphatic carbocycles. The third-order valence-corrected chi connectivity index (χ3v) is 2.66. The Labute approximate surface area is 90.9 Å². The standard InChI is InChI=1S/C13H19FO/c1-3-4-10(2)9-13(15)11-5-7-12(14)8-6-11/h5-8,10,13,15H,3-4,9H2,1-2H3. The molecule has 1 rings (SSSR count). The van der Waals surface area contributed by atoms with Gasteiger partial charge in [0.15, 0.2) is 0 Å². The molecule has 2 heteroatoms. The molecule has 0 heterocycles. The van der Waals surface area contributed by atoms with Crippen LogP contribution in [0.2, 0.25) is 0 Å². The lowest BCUT2D eigenvalue weighted by molar-refractivity contribution is 0.145. The van der Waals surface area contributed by atoms with Crippen molar-refractivity contribution in [3.63, 3.8) is 0 Å². The van der Waals surface area contributed by atoms with E-state index in [0.717, 1.165) is 24.8 Å². The van der Waals surface area contributed by atoms with Crippen molar-refractivity contribution in [1.29, 1.82) is 0 Å². The van der Waals surface area contributed by atoms with E-state index >= 15 is 0 Å². The Hall–Kier alpha value is -0.890. The maximum absolute atomic E-state index is 12.7. The zero-order valence-electron chi connectivity index (χ0n) is 9.41. The maximum Gasteiger partial charge on any atom is 0.123 e. The summed E-state index contributed by atoms with van der Waals surface area (Å²) in [6.07, 6.45) is 2.54. The van der Waals surface area contributed by atoms with Crippen molar-refractivity contribution in [2.45, 2.75) is 39.2 Å². The van der Waals surface area contributed by atoms with Crippen LogP contribution in [-0.4, -0.2) is 5.11 Å². The summed E-state index contributed by atoms with van der Waals surface area (Å²) in [6.45, 7) is 4.27. The van der Waals surface area contributed by atoms with Gasteiger partial charge in [-0.25, -0.2) is 4.39 Å². The van der Waals surface area contributed by atoms with Crippen molar-refractivity contribution in [3.8, 4) is 0 Å². The topological polar surface area (TPSA) is 20.2 Å². The van der Waals surface area contributed by atoms with Crippen molar-refractivity contribution in [2.24, 2.45) is 5.92 Å². The number of hydrogen-bond donors (Lipinski definition) is 1. The molecule has 84 valence electrons. The fraction of sp³-hybridized carbons (Fsp3) is 0.538. The average Bonchev–Trinajstić information content (AvgIpc) is 2.18. The lowest BCUT2D eigenvalue weighted by Gasteiger charge is -2.16. The molecule has 0 spiro atoms. The predicted molar refractivity (Wildman–Crippen MR) is 60.0 cm³/mol. The number of halogens is 1. The number of aliphatic hydroxyl groups is 1. The van der Waals surface area contributed by atoms with Crippen LogP contribution in [0.5, 0.6) is 0 Å². The molecule has 0 radical (unpaired) electrons. The fourth-order valence-corrected chi connectivity index (χ4v) is 1.81. The summed E-state index contributed by atoms with van der Waals surface area (Å²) in [4.78, 5) is 0. The number of hydrogen-bond acceptors (Lipinski definition) is 1. The molecule has 1 N–H and O–H groups in total. The molecule has 0 saturated heterocycles. The highest BCUT2D eigenvalue weighted by atomic mass is 19.1.